The molecule has 0 aliphatic carbocycles. The fourth-order valence-corrected chi connectivity index (χ4v) is 1.21. The highest BCUT2D eigenvalue weighted by atomic mass is 16.3. The highest BCUT2D eigenvalue weighted by molar-refractivity contribution is 5.91. The lowest BCUT2D eigenvalue weighted by Crippen LogP contribution is -2.34. The van der Waals surface area contributed by atoms with Crippen LogP contribution in [0.3, 0.4) is 0 Å². The lowest BCUT2D eigenvalue weighted by atomic mass is 10.1. The Morgan fingerprint density at radius 3 is 2.56 bits per heavy atom. The van der Waals surface area contributed by atoms with E-state index in [-0.39, 0.29) is 18.4 Å². The molecule has 1 amide bonds. The molecule has 1 unspecified atom stereocenters. The number of carbonyl (C=O) groups is 1. The van der Waals surface area contributed by atoms with Crippen molar-refractivity contribution in [3.63, 3.8) is 0 Å². The van der Waals surface area contributed by atoms with Gasteiger partial charge in [0.1, 0.15) is 5.76 Å². The number of furan rings is 1. The second-order valence-electron chi connectivity index (χ2n) is 4.37. The highest BCUT2D eigenvalue weighted by Crippen LogP contribution is 2.12. The second-order valence-corrected chi connectivity index (χ2v) is 4.37. The van der Waals surface area contributed by atoms with Crippen molar-refractivity contribution >= 4 is 5.91 Å². The predicted octanol–water partition coefficient (Wildman–Crippen LogP) is 1.64. The lowest BCUT2D eigenvalue weighted by molar-refractivity contribution is 0.0846. The molecular weight excluding hydrogens is 206 g/mol. The van der Waals surface area contributed by atoms with E-state index in [0.29, 0.717) is 5.76 Å². The van der Waals surface area contributed by atoms with Crippen molar-refractivity contribution in [1.82, 2.24) is 5.32 Å². The molecule has 0 aromatic carbocycles. The number of nitrogens with one attached hydrogen (secondary N) is 1. The number of aliphatic hydroxyl groups excluding tert-OH is 1. The summed E-state index contributed by atoms with van der Waals surface area (Å²) in [6.45, 7) is 7.75. The Morgan fingerprint density at radius 1 is 1.50 bits per heavy atom. The monoisotopic (exact) mass is 225 g/mol. The molecule has 1 aromatic rings. The van der Waals surface area contributed by atoms with Crippen LogP contribution in [0.1, 0.15) is 35.7 Å². The van der Waals surface area contributed by atoms with Crippen LogP contribution in [0.2, 0.25) is 0 Å². The van der Waals surface area contributed by atoms with E-state index in [1.165, 1.54) is 0 Å². The SMILES string of the molecule is Cc1cc(C(=O)NCC(O)C(C)C)oc1C. The number of hydrogen-bond donors (Lipinski definition) is 2. The summed E-state index contributed by atoms with van der Waals surface area (Å²) in [7, 11) is 0. The van der Waals surface area contributed by atoms with E-state index in [1.807, 2.05) is 27.7 Å². The van der Waals surface area contributed by atoms with Gasteiger partial charge in [-0.25, -0.2) is 0 Å². The summed E-state index contributed by atoms with van der Waals surface area (Å²) in [6, 6.07) is 1.70. The number of rotatable bonds is 4. The van der Waals surface area contributed by atoms with Gasteiger partial charge in [0.2, 0.25) is 0 Å². The molecule has 0 saturated heterocycles. The van der Waals surface area contributed by atoms with Crippen LogP contribution < -0.4 is 5.32 Å². The van der Waals surface area contributed by atoms with Gasteiger partial charge in [-0.2, -0.15) is 0 Å². The Hall–Kier alpha value is -1.29. The zero-order valence-electron chi connectivity index (χ0n) is 10.2. The maximum absolute atomic E-state index is 11.6. The molecular formula is C12H19NO3. The third-order valence-corrected chi connectivity index (χ3v) is 2.63. The van der Waals surface area contributed by atoms with E-state index in [9.17, 15) is 9.90 Å². The van der Waals surface area contributed by atoms with E-state index in [2.05, 4.69) is 5.32 Å². The summed E-state index contributed by atoms with van der Waals surface area (Å²) < 4.78 is 5.28. The molecule has 0 bridgehead atoms. The first-order chi connectivity index (χ1) is 7.41. The van der Waals surface area contributed by atoms with Gasteiger partial charge in [0.15, 0.2) is 5.76 Å². The van der Waals surface area contributed by atoms with Gasteiger partial charge < -0.3 is 14.8 Å². The zero-order chi connectivity index (χ0) is 12.3. The standard InChI is InChI=1S/C12H19NO3/c1-7(2)10(14)6-13-12(15)11-5-8(3)9(4)16-11/h5,7,10,14H,6H2,1-4H3,(H,13,15). The zero-order valence-corrected chi connectivity index (χ0v) is 10.2. The van der Waals surface area contributed by atoms with Gasteiger partial charge in [0.25, 0.3) is 5.91 Å². The Balaban J connectivity index is 2.53. The molecule has 4 heteroatoms. The van der Waals surface area contributed by atoms with Crippen LogP contribution in [-0.2, 0) is 0 Å². The minimum absolute atomic E-state index is 0.125. The quantitative estimate of drug-likeness (QED) is 0.819. The third kappa shape index (κ3) is 3.10. The molecule has 1 atom stereocenters. The first kappa shape index (κ1) is 12.8. The third-order valence-electron chi connectivity index (χ3n) is 2.63. The van der Waals surface area contributed by atoms with Crippen LogP contribution in [0.4, 0.5) is 0 Å². The van der Waals surface area contributed by atoms with E-state index >= 15 is 0 Å². The van der Waals surface area contributed by atoms with Gasteiger partial charge in [0.05, 0.1) is 6.10 Å². The minimum atomic E-state index is -0.527. The second kappa shape index (κ2) is 5.16. The molecule has 0 spiro atoms. The molecule has 0 radical (unpaired) electrons. The lowest BCUT2D eigenvalue weighted by Gasteiger charge is -2.14. The molecule has 1 heterocycles. The molecule has 2 N–H and O–H groups in total. The number of amides is 1. The molecule has 90 valence electrons. The van der Waals surface area contributed by atoms with Gasteiger partial charge >= 0.3 is 0 Å². The van der Waals surface area contributed by atoms with Gasteiger partial charge in [-0.3, -0.25) is 4.79 Å². The normalized spacial score (nSPS) is 12.9. The van der Waals surface area contributed by atoms with Gasteiger partial charge in [0, 0.05) is 6.54 Å². The average molecular weight is 225 g/mol. The highest BCUT2D eigenvalue weighted by Gasteiger charge is 2.15. The van der Waals surface area contributed by atoms with Crippen LogP contribution in [-0.4, -0.2) is 23.7 Å². The summed E-state index contributed by atoms with van der Waals surface area (Å²) in [5.41, 5.74) is 0.953. The molecule has 4 nitrogen and oxygen atoms in total. The Kier molecular flexibility index (Phi) is 4.12. The van der Waals surface area contributed by atoms with E-state index in [4.69, 9.17) is 4.42 Å². The fraction of sp³-hybridized carbons (Fsp3) is 0.583. The first-order valence-electron chi connectivity index (χ1n) is 5.45. The van der Waals surface area contributed by atoms with Crippen molar-refractivity contribution in [3.05, 3.63) is 23.2 Å². The van der Waals surface area contributed by atoms with E-state index < -0.39 is 6.10 Å². The van der Waals surface area contributed by atoms with Crippen molar-refractivity contribution in [1.29, 1.82) is 0 Å². The smallest absolute Gasteiger partial charge is 0.287 e. The van der Waals surface area contributed by atoms with Gasteiger partial charge in [-0.05, 0) is 31.4 Å². The number of carbonyl (C=O) groups excluding carboxylic acids is 1. The molecule has 0 aliphatic rings. The van der Waals surface area contributed by atoms with Crippen molar-refractivity contribution in [2.45, 2.75) is 33.8 Å². The summed E-state index contributed by atoms with van der Waals surface area (Å²) in [5, 5.41) is 12.2. The average Bonchev–Trinajstić information content (AvgIpc) is 2.55. The Labute approximate surface area is 95.7 Å². The fourth-order valence-electron chi connectivity index (χ4n) is 1.21. The van der Waals surface area contributed by atoms with E-state index in [0.717, 1.165) is 11.3 Å². The van der Waals surface area contributed by atoms with Gasteiger partial charge in [-0.15, -0.1) is 0 Å². The van der Waals surface area contributed by atoms with Gasteiger partial charge in [-0.1, -0.05) is 13.8 Å². The topological polar surface area (TPSA) is 62.5 Å². The van der Waals surface area contributed by atoms with Crippen LogP contribution in [0, 0.1) is 19.8 Å². The van der Waals surface area contributed by atoms with Crippen molar-refractivity contribution in [3.8, 4) is 0 Å². The van der Waals surface area contributed by atoms with Crippen LogP contribution in [0.15, 0.2) is 10.5 Å². The molecule has 1 aromatic heterocycles. The summed E-state index contributed by atoms with van der Waals surface area (Å²) in [6.07, 6.45) is -0.527. The Bertz CT molecular complexity index is 349. The van der Waals surface area contributed by atoms with Crippen molar-refractivity contribution < 1.29 is 14.3 Å². The largest absolute Gasteiger partial charge is 0.456 e. The maximum atomic E-state index is 11.6. The van der Waals surface area contributed by atoms with Crippen LogP contribution in [0.25, 0.3) is 0 Å². The number of hydrogen-bond acceptors (Lipinski definition) is 3. The first-order valence-corrected chi connectivity index (χ1v) is 5.45. The molecule has 0 fully saturated rings. The predicted molar refractivity (Wildman–Crippen MR) is 61.4 cm³/mol. The molecule has 1 rings (SSSR count). The molecule has 0 saturated carbocycles. The summed E-state index contributed by atoms with van der Waals surface area (Å²) >= 11 is 0. The summed E-state index contributed by atoms with van der Waals surface area (Å²) in [5.74, 6) is 0.886. The molecule has 0 aliphatic heterocycles. The maximum Gasteiger partial charge on any atom is 0.287 e. The van der Waals surface area contributed by atoms with E-state index in [1.54, 1.807) is 6.07 Å². The van der Waals surface area contributed by atoms with Crippen molar-refractivity contribution in [2.24, 2.45) is 5.92 Å². The van der Waals surface area contributed by atoms with Crippen LogP contribution in [0.5, 0.6) is 0 Å². The number of aryl methyl sites for hydroxylation is 2. The Morgan fingerprint density at radius 2 is 2.12 bits per heavy atom. The van der Waals surface area contributed by atoms with Crippen LogP contribution >= 0.6 is 0 Å². The van der Waals surface area contributed by atoms with Crippen molar-refractivity contribution in [2.75, 3.05) is 6.54 Å². The summed E-state index contributed by atoms with van der Waals surface area (Å²) in [4.78, 5) is 11.6. The minimum Gasteiger partial charge on any atom is -0.456 e. The molecule has 16 heavy (non-hydrogen) atoms. The number of aliphatic hydroxyl groups is 1.